The molecule has 0 aromatic heterocycles. The van der Waals surface area contributed by atoms with Crippen LogP contribution in [0.2, 0.25) is 0 Å². The number of nitrogens with zero attached hydrogens (tertiary/aromatic N) is 3. The van der Waals surface area contributed by atoms with Gasteiger partial charge >= 0.3 is 6.03 Å². The summed E-state index contributed by atoms with van der Waals surface area (Å²) in [5.74, 6) is 1.10. The van der Waals surface area contributed by atoms with Crippen molar-refractivity contribution in [2.75, 3.05) is 63.1 Å². The van der Waals surface area contributed by atoms with E-state index in [2.05, 4.69) is 43.1 Å². The number of rotatable bonds is 8. The summed E-state index contributed by atoms with van der Waals surface area (Å²) in [6.07, 6.45) is 5.12. The van der Waals surface area contributed by atoms with Crippen molar-refractivity contribution in [3.8, 4) is 0 Å². The van der Waals surface area contributed by atoms with Gasteiger partial charge in [-0.15, -0.1) is 0 Å². The van der Waals surface area contributed by atoms with E-state index in [1.54, 1.807) is 13.1 Å². The first-order valence-electron chi connectivity index (χ1n) is 13.9. The van der Waals surface area contributed by atoms with E-state index in [9.17, 15) is 9.59 Å². The molecule has 2 aliphatic carbocycles. The maximum Gasteiger partial charge on any atom is 0.327 e. The Morgan fingerprint density at radius 3 is 2.72 bits per heavy atom. The number of nitrogens with one attached hydrogen (secondary N) is 5. The van der Waals surface area contributed by atoms with Gasteiger partial charge in [-0.25, -0.2) is 9.79 Å². The molecule has 5 rings (SSSR count). The van der Waals surface area contributed by atoms with Crippen LogP contribution >= 0.6 is 23.2 Å². The van der Waals surface area contributed by atoms with Gasteiger partial charge in [-0.3, -0.25) is 9.69 Å². The Kier molecular flexibility index (Phi) is 9.21. The van der Waals surface area contributed by atoms with Gasteiger partial charge in [0.25, 0.3) is 0 Å². The Balaban J connectivity index is 1.32. The van der Waals surface area contributed by atoms with Crippen LogP contribution in [0, 0.1) is 0 Å². The molecule has 0 radical (unpaired) electrons. The van der Waals surface area contributed by atoms with Crippen molar-refractivity contribution in [1.82, 2.24) is 20.9 Å². The van der Waals surface area contributed by atoms with Crippen molar-refractivity contribution in [2.24, 2.45) is 4.99 Å². The van der Waals surface area contributed by atoms with Gasteiger partial charge in [0.05, 0.1) is 29.2 Å². The van der Waals surface area contributed by atoms with E-state index in [1.165, 1.54) is 38.0 Å². The van der Waals surface area contributed by atoms with Crippen molar-refractivity contribution in [2.45, 2.75) is 30.9 Å². The summed E-state index contributed by atoms with van der Waals surface area (Å²) in [4.78, 5) is 33.7. The summed E-state index contributed by atoms with van der Waals surface area (Å²) in [6.45, 7) is 6.53. The largest absolute Gasteiger partial charge is 0.499 e. The lowest BCUT2D eigenvalue weighted by molar-refractivity contribution is -0.111. The zero-order valence-corrected chi connectivity index (χ0v) is 25.9. The third kappa shape index (κ3) is 6.77. The second kappa shape index (κ2) is 12.9. The van der Waals surface area contributed by atoms with Gasteiger partial charge < -0.3 is 41.0 Å². The van der Waals surface area contributed by atoms with Crippen molar-refractivity contribution in [3.05, 3.63) is 64.3 Å². The van der Waals surface area contributed by atoms with Crippen molar-refractivity contribution in [1.29, 1.82) is 0 Å². The summed E-state index contributed by atoms with van der Waals surface area (Å²) >= 11 is 13.0. The van der Waals surface area contributed by atoms with Crippen LogP contribution in [0.1, 0.15) is 19.3 Å². The van der Waals surface area contributed by atoms with Gasteiger partial charge in [-0.1, -0.05) is 29.8 Å². The van der Waals surface area contributed by atoms with Crippen LogP contribution in [0.25, 0.3) is 0 Å². The highest BCUT2D eigenvalue weighted by molar-refractivity contribution is 6.36. The monoisotopic (exact) mass is 630 g/mol. The summed E-state index contributed by atoms with van der Waals surface area (Å²) in [6, 6.07) is 5.41. The molecule has 4 aliphatic rings. The molecule has 1 aromatic rings. The molecule has 1 saturated heterocycles. The molecule has 2 aliphatic heterocycles. The molecular weight excluding hydrogens is 595 g/mol. The number of piperazine rings is 1. The minimum absolute atomic E-state index is 0.207. The average molecular weight is 632 g/mol. The molecule has 43 heavy (non-hydrogen) atoms. The molecule has 230 valence electrons. The number of allylic oxidation sites excluding steroid dienone is 1. The standard InChI is InChI=1S/C29H36Cl2N8O4/c1-5-24(40)36-19-12-17(39-11-10-34-29(15-39)8-9-29)6-7-18(19)35-22-14-23(33-16-32-22)38(2)28(41)37-27-25(30)20(42-3)13-21(43-4)26(27)31/h5-7,12,14,20,32,34-35H,1,8-11,13,15-16H2,2-4H3,(H,36,40)(H,37,41). The number of urea groups is 1. The Morgan fingerprint density at radius 1 is 1.23 bits per heavy atom. The zero-order chi connectivity index (χ0) is 30.7. The van der Waals surface area contributed by atoms with E-state index in [4.69, 9.17) is 32.7 Å². The molecule has 0 bridgehead atoms. The molecule has 2 heterocycles. The Hall–Kier alpha value is -3.71. The number of ether oxygens (including phenoxy) is 2. The minimum Gasteiger partial charge on any atom is -0.499 e. The summed E-state index contributed by atoms with van der Waals surface area (Å²) in [5.41, 5.74) is 2.72. The Labute approximate surface area is 260 Å². The predicted molar refractivity (Wildman–Crippen MR) is 169 cm³/mol. The Morgan fingerprint density at radius 2 is 2.02 bits per heavy atom. The lowest BCUT2D eigenvalue weighted by atomic mass is 10.1. The number of methoxy groups -OCH3 is 2. The van der Waals surface area contributed by atoms with Crippen LogP contribution in [0.5, 0.6) is 0 Å². The quantitative estimate of drug-likeness (QED) is 0.276. The number of hydrogen-bond donors (Lipinski definition) is 5. The van der Waals surface area contributed by atoms with Crippen LogP contribution in [-0.4, -0.2) is 81.9 Å². The van der Waals surface area contributed by atoms with Gasteiger partial charge in [-0.05, 0) is 37.1 Å². The third-order valence-corrected chi connectivity index (χ3v) is 8.69. The fourth-order valence-electron chi connectivity index (χ4n) is 5.17. The number of hydrogen-bond acceptors (Lipinski definition) is 9. The van der Waals surface area contributed by atoms with Crippen molar-refractivity contribution < 1.29 is 19.1 Å². The van der Waals surface area contributed by atoms with E-state index in [0.29, 0.717) is 35.2 Å². The fraction of sp³-hybridized carbons (Fsp3) is 0.414. The molecule has 1 spiro atoms. The van der Waals surface area contributed by atoms with E-state index >= 15 is 0 Å². The molecule has 1 aromatic carbocycles. The number of carbonyl (C=O) groups is 2. The number of carbonyl (C=O) groups excluding carboxylic acids is 2. The molecule has 1 saturated carbocycles. The highest BCUT2D eigenvalue weighted by Gasteiger charge is 2.45. The van der Waals surface area contributed by atoms with E-state index < -0.39 is 12.1 Å². The Bertz CT molecular complexity index is 1440. The van der Waals surface area contributed by atoms with E-state index in [0.717, 1.165) is 25.3 Å². The van der Waals surface area contributed by atoms with E-state index in [1.807, 2.05) is 18.2 Å². The third-order valence-electron chi connectivity index (χ3n) is 7.86. The highest BCUT2D eigenvalue weighted by Crippen LogP contribution is 2.40. The molecule has 1 atom stereocenters. The molecular formula is C29H36Cl2N8O4. The number of aliphatic imine (C=N–C) groups is 1. The van der Waals surface area contributed by atoms with Crippen LogP contribution in [0.4, 0.5) is 21.9 Å². The van der Waals surface area contributed by atoms with Gasteiger partial charge in [0.1, 0.15) is 35.2 Å². The van der Waals surface area contributed by atoms with Crippen LogP contribution < -0.4 is 31.5 Å². The molecule has 14 heteroatoms. The average Bonchev–Trinajstić information content (AvgIpc) is 3.77. The highest BCUT2D eigenvalue weighted by atomic mass is 35.5. The fourth-order valence-corrected chi connectivity index (χ4v) is 5.83. The first-order valence-corrected chi connectivity index (χ1v) is 14.7. The maximum atomic E-state index is 13.2. The normalized spacial score (nSPS) is 21.0. The van der Waals surface area contributed by atoms with Crippen molar-refractivity contribution >= 4 is 58.0 Å². The summed E-state index contributed by atoms with van der Waals surface area (Å²) < 4.78 is 10.8. The SMILES string of the molecule is C=CC(=O)Nc1cc(N2CCNC3(CC3)C2)ccc1NC1=CC(N(C)C(=O)NC2=C(Cl)C(OC)CC(OC)=C2Cl)=NCN1. The first kappa shape index (κ1) is 30.7. The van der Waals surface area contributed by atoms with Gasteiger partial charge in [0.15, 0.2) is 0 Å². The van der Waals surface area contributed by atoms with Crippen molar-refractivity contribution in [3.63, 3.8) is 0 Å². The van der Waals surface area contributed by atoms with Gasteiger partial charge in [-0.2, -0.15) is 0 Å². The molecule has 2 fully saturated rings. The number of amidine groups is 1. The number of halogens is 2. The topological polar surface area (TPSA) is 132 Å². The number of anilines is 3. The minimum atomic E-state index is -0.512. The number of likely N-dealkylation sites (N-methyl/N-ethyl adjacent to an activating group) is 1. The molecule has 5 N–H and O–H groups in total. The van der Waals surface area contributed by atoms with Gasteiger partial charge in [0.2, 0.25) is 5.91 Å². The molecule has 1 unspecified atom stereocenters. The second-order valence-corrected chi connectivity index (χ2v) is 11.5. The second-order valence-electron chi connectivity index (χ2n) is 10.7. The van der Waals surface area contributed by atoms with Crippen LogP contribution in [0.15, 0.2) is 69.3 Å². The first-order chi connectivity index (χ1) is 20.7. The number of amides is 3. The molecule has 3 amide bonds. The maximum absolute atomic E-state index is 13.2. The molecule has 12 nitrogen and oxygen atoms in total. The summed E-state index contributed by atoms with van der Waals surface area (Å²) in [7, 11) is 4.59. The van der Waals surface area contributed by atoms with Crippen LogP contribution in [0.3, 0.4) is 0 Å². The van der Waals surface area contributed by atoms with E-state index in [-0.39, 0.29) is 33.9 Å². The number of benzene rings is 1. The summed E-state index contributed by atoms with van der Waals surface area (Å²) in [5, 5.41) is 16.3. The zero-order valence-electron chi connectivity index (χ0n) is 24.4. The smallest absolute Gasteiger partial charge is 0.327 e. The van der Waals surface area contributed by atoms with Crippen LogP contribution in [-0.2, 0) is 14.3 Å². The predicted octanol–water partition coefficient (Wildman–Crippen LogP) is 3.57. The van der Waals surface area contributed by atoms with Gasteiger partial charge in [0, 0.05) is 57.5 Å². The lowest BCUT2D eigenvalue weighted by Crippen LogP contribution is -2.52. The lowest BCUT2D eigenvalue weighted by Gasteiger charge is -2.36.